The number of aromatic nitrogens is 1. The highest BCUT2D eigenvalue weighted by atomic mass is 15.2. The van der Waals surface area contributed by atoms with E-state index in [1.807, 2.05) is 13.2 Å². The minimum Gasteiger partial charge on any atom is -0.353 e. The van der Waals surface area contributed by atoms with Crippen LogP contribution in [0.3, 0.4) is 0 Å². The molecule has 94 valence electrons. The largest absolute Gasteiger partial charge is 0.353 e. The zero-order chi connectivity index (χ0) is 12.3. The monoisotopic (exact) mass is 233 g/mol. The van der Waals surface area contributed by atoms with E-state index in [1.165, 1.54) is 18.4 Å². The minimum atomic E-state index is 0.660. The van der Waals surface area contributed by atoms with Crippen LogP contribution < -0.4 is 10.2 Å². The molecule has 1 saturated heterocycles. The highest BCUT2D eigenvalue weighted by Crippen LogP contribution is 2.28. The molecule has 3 nitrogen and oxygen atoms in total. The number of pyridine rings is 1. The minimum absolute atomic E-state index is 0.660. The van der Waals surface area contributed by atoms with E-state index in [0.29, 0.717) is 12.0 Å². The molecular formula is C14H23N3. The second-order valence-electron chi connectivity index (χ2n) is 5.20. The predicted octanol–water partition coefficient (Wildman–Crippen LogP) is 2.43. The van der Waals surface area contributed by atoms with Gasteiger partial charge in [0.05, 0.1) is 0 Å². The molecule has 1 fully saturated rings. The van der Waals surface area contributed by atoms with Crippen molar-refractivity contribution < 1.29 is 0 Å². The maximum Gasteiger partial charge on any atom is 0.129 e. The Bertz CT molecular complexity index is 362. The zero-order valence-electron chi connectivity index (χ0n) is 11.1. The van der Waals surface area contributed by atoms with Gasteiger partial charge in [0.2, 0.25) is 0 Å². The lowest BCUT2D eigenvalue weighted by Gasteiger charge is -2.28. The summed E-state index contributed by atoms with van der Waals surface area (Å²) in [6.07, 6.45) is 4.52. The van der Waals surface area contributed by atoms with E-state index in [2.05, 4.69) is 41.2 Å². The topological polar surface area (TPSA) is 28.2 Å². The highest BCUT2D eigenvalue weighted by Gasteiger charge is 2.27. The Morgan fingerprint density at radius 3 is 3.06 bits per heavy atom. The van der Waals surface area contributed by atoms with Gasteiger partial charge in [0.25, 0.3) is 0 Å². The van der Waals surface area contributed by atoms with E-state index in [4.69, 9.17) is 0 Å². The summed E-state index contributed by atoms with van der Waals surface area (Å²) >= 11 is 0. The van der Waals surface area contributed by atoms with Crippen LogP contribution in [0, 0.1) is 5.92 Å². The van der Waals surface area contributed by atoms with Gasteiger partial charge in [0.15, 0.2) is 0 Å². The summed E-state index contributed by atoms with van der Waals surface area (Å²) in [5.41, 5.74) is 1.31. The molecule has 2 rings (SSSR count). The van der Waals surface area contributed by atoms with Gasteiger partial charge in [-0.3, -0.25) is 0 Å². The third kappa shape index (κ3) is 2.78. The van der Waals surface area contributed by atoms with Crippen LogP contribution in [0.2, 0.25) is 0 Å². The Labute approximate surface area is 104 Å². The lowest BCUT2D eigenvalue weighted by Crippen LogP contribution is -2.34. The fourth-order valence-electron chi connectivity index (χ4n) is 2.70. The maximum absolute atomic E-state index is 4.53. The van der Waals surface area contributed by atoms with Gasteiger partial charge < -0.3 is 10.2 Å². The molecule has 3 heteroatoms. The van der Waals surface area contributed by atoms with Crippen LogP contribution >= 0.6 is 0 Å². The van der Waals surface area contributed by atoms with E-state index in [-0.39, 0.29) is 0 Å². The summed E-state index contributed by atoms with van der Waals surface area (Å²) in [6, 6.07) is 4.96. The van der Waals surface area contributed by atoms with Gasteiger partial charge in [-0.2, -0.15) is 0 Å². The maximum atomic E-state index is 4.53. The molecule has 1 aromatic rings. The molecule has 2 heterocycles. The van der Waals surface area contributed by atoms with Crippen LogP contribution in [0.4, 0.5) is 5.82 Å². The third-order valence-corrected chi connectivity index (χ3v) is 3.55. The molecule has 0 amide bonds. The van der Waals surface area contributed by atoms with Crippen molar-refractivity contribution in [3.8, 4) is 0 Å². The predicted molar refractivity (Wildman–Crippen MR) is 72.2 cm³/mol. The smallest absolute Gasteiger partial charge is 0.129 e. The molecule has 17 heavy (non-hydrogen) atoms. The molecule has 0 aliphatic carbocycles. The van der Waals surface area contributed by atoms with E-state index < -0.39 is 0 Å². The average molecular weight is 233 g/mol. The molecule has 0 aromatic carbocycles. The first-order valence-electron chi connectivity index (χ1n) is 6.58. The van der Waals surface area contributed by atoms with Crippen LogP contribution in [0.1, 0.15) is 32.3 Å². The van der Waals surface area contributed by atoms with Crippen LogP contribution in [0.5, 0.6) is 0 Å². The molecule has 0 spiro atoms. The lowest BCUT2D eigenvalue weighted by atomic mass is 10.0. The normalized spacial score (nSPS) is 20.2. The van der Waals surface area contributed by atoms with Crippen molar-refractivity contribution in [1.82, 2.24) is 10.3 Å². The number of nitrogens with one attached hydrogen (secondary N) is 1. The number of rotatable bonds is 4. The molecule has 1 aliphatic heterocycles. The van der Waals surface area contributed by atoms with Gasteiger partial charge in [0, 0.05) is 25.3 Å². The van der Waals surface area contributed by atoms with Crippen molar-refractivity contribution in [2.24, 2.45) is 5.92 Å². The Morgan fingerprint density at radius 1 is 1.53 bits per heavy atom. The lowest BCUT2D eigenvalue weighted by molar-refractivity contribution is 0.489. The van der Waals surface area contributed by atoms with Crippen molar-refractivity contribution in [1.29, 1.82) is 0 Å². The summed E-state index contributed by atoms with van der Waals surface area (Å²) in [5.74, 6) is 1.85. The summed E-state index contributed by atoms with van der Waals surface area (Å²) < 4.78 is 0. The number of hydrogen-bond acceptors (Lipinski definition) is 3. The summed E-state index contributed by atoms with van der Waals surface area (Å²) in [5, 5.41) is 3.19. The van der Waals surface area contributed by atoms with Gasteiger partial charge in [-0.25, -0.2) is 4.98 Å². The van der Waals surface area contributed by atoms with Crippen LogP contribution in [-0.2, 0) is 6.54 Å². The Kier molecular flexibility index (Phi) is 4.00. The molecule has 1 unspecified atom stereocenters. The Morgan fingerprint density at radius 2 is 2.35 bits per heavy atom. The molecule has 0 bridgehead atoms. The first-order chi connectivity index (χ1) is 8.22. The molecule has 1 aliphatic rings. The SMILES string of the molecule is CNCc1ccnc(N2CCCC2C(C)C)c1. The first kappa shape index (κ1) is 12.4. The molecule has 1 atom stereocenters. The Balaban J connectivity index is 2.18. The molecule has 0 radical (unpaired) electrons. The number of nitrogens with zero attached hydrogens (tertiary/aromatic N) is 2. The molecule has 1 N–H and O–H groups in total. The van der Waals surface area contributed by atoms with Crippen LogP contribution in [-0.4, -0.2) is 24.6 Å². The van der Waals surface area contributed by atoms with E-state index >= 15 is 0 Å². The molecule has 0 saturated carbocycles. The molecular weight excluding hydrogens is 210 g/mol. The summed E-state index contributed by atoms with van der Waals surface area (Å²) in [6.45, 7) is 6.68. The van der Waals surface area contributed by atoms with Crippen molar-refractivity contribution in [2.45, 2.75) is 39.3 Å². The van der Waals surface area contributed by atoms with Gasteiger partial charge in [0.1, 0.15) is 5.82 Å². The number of hydrogen-bond donors (Lipinski definition) is 1. The van der Waals surface area contributed by atoms with Crippen LogP contribution in [0.25, 0.3) is 0 Å². The quantitative estimate of drug-likeness (QED) is 0.865. The number of anilines is 1. The van der Waals surface area contributed by atoms with E-state index in [9.17, 15) is 0 Å². The third-order valence-electron chi connectivity index (χ3n) is 3.55. The fraction of sp³-hybridized carbons (Fsp3) is 0.643. The van der Waals surface area contributed by atoms with Crippen molar-refractivity contribution >= 4 is 5.82 Å². The second kappa shape index (κ2) is 5.50. The van der Waals surface area contributed by atoms with E-state index in [1.54, 1.807) is 0 Å². The van der Waals surface area contributed by atoms with Gasteiger partial charge in [-0.05, 0) is 43.5 Å². The van der Waals surface area contributed by atoms with E-state index in [0.717, 1.165) is 18.9 Å². The van der Waals surface area contributed by atoms with Gasteiger partial charge in [-0.1, -0.05) is 13.8 Å². The second-order valence-corrected chi connectivity index (χ2v) is 5.20. The van der Waals surface area contributed by atoms with Gasteiger partial charge >= 0.3 is 0 Å². The summed E-state index contributed by atoms with van der Waals surface area (Å²) in [7, 11) is 1.98. The van der Waals surface area contributed by atoms with Crippen molar-refractivity contribution in [2.75, 3.05) is 18.5 Å². The fourth-order valence-corrected chi connectivity index (χ4v) is 2.70. The molecule has 1 aromatic heterocycles. The first-order valence-corrected chi connectivity index (χ1v) is 6.58. The standard InChI is InChI=1S/C14H23N3/c1-11(2)13-5-4-8-17(13)14-9-12(10-15-3)6-7-16-14/h6-7,9,11,13,15H,4-5,8,10H2,1-3H3. The van der Waals surface area contributed by atoms with Crippen molar-refractivity contribution in [3.05, 3.63) is 23.9 Å². The van der Waals surface area contributed by atoms with Gasteiger partial charge in [-0.15, -0.1) is 0 Å². The Hall–Kier alpha value is -1.09. The van der Waals surface area contributed by atoms with Crippen molar-refractivity contribution in [3.63, 3.8) is 0 Å². The highest BCUT2D eigenvalue weighted by molar-refractivity contribution is 5.43. The average Bonchev–Trinajstić information content (AvgIpc) is 2.79. The van der Waals surface area contributed by atoms with Crippen LogP contribution in [0.15, 0.2) is 18.3 Å². The summed E-state index contributed by atoms with van der Waals surface area (Å²) in [4.78, 5) is 7.01. The zero-order valence-corrected chi connectivity index (χ0v) is 11.1.